The summed E-state index contributed by atoms with van der Waals surface area (Å²) in [5, 5.41) is 14.1. The first-order valence-corrected chi connectivity index (χ1v) is 7.54. The highest BCUT2D eigenvalue weighted by Gasteiger charge is 2.22. The summed E-state index contributed by atoms with van der Waals surface area (Å²) in [4.78, 5) is 0. The number of nitrogens with one attached hydrogen (secondary N) is 1. The highest BCUT2D eigenvalue weighted by atomic mass is 19.1. The molecule has 0 saturated carbocycles. The normalized spacial score (nSPS) is 13.3. The number of anilines is 1. The third-order valence-corrected chi connectivity index (χ3v) is 3.78. The predicted molar refractivity (Wildman–Crippen MR) is 90.6 cm³/mol. The number of hydrogen-bond acceptors (Lipinski definition) is 2. The van der Waals surface area contributed by atoms with Crippen molar-refractivity contribution in [3.05, 3.63) is 102 Å². The molecule has 0 spiro atoms. The zero-order valence-electron chi connectivity index (χ0n) is 12.6. The smallest absolute Gasteiger partial charge is 0.123 e. The molecule has 3 rings (SSSR count). The van der Waals surface area contributed by atoms with E-state index in [2.05, 4.69) is 5.32 Å². The predicted octanol–water partition coefficient (Wildman–Crippen LogP) is 4.71. The van der Waals surface area contributed by atoms with Gasteiger partial charge in [-0.25, -0.2) is 4.39 Å². The van der Waals surface area contributed by atoms with Crippen molar-refractivity contribution in [3.8, 4) is 0 Å². The Morgan fingerprint density at radius 3 is 1.78 bits per heavy atom. The largest absolute Gasteiger partial charge is 0.386 e. The topological polar surface area (TPSA) is 32.3 Å². The first-order valence-electron chi connectivity index (χ1n) is 7.54. The number of aliphatic hydroxyl groups excluding tert-OH is 1. The van der Waals surface area contributed by atoms with E-state index < -0.39 is 6.10 Å². The van der Waals surface area contributed by atoms with Crippen LogP contribution in [0.1, 0.15) is 23.3 Å². The first-order chi connectivity index (χ1) is 11.2. The summed E-state index contributed by atoms with van der Waals surface area (Å²) in [5.41, 5.74) is 2.55. The van der Waals surface area contributed by atoms with Crippen LogP contribution in [0.3, 0.4) is 0 Å². The molecule has 3 aromatic rings. The molecule has 3 heteroatoms. The first kappa shape index (κ1) is 15.3. The number of hydrogen-bond donors (Lipinski definition) is 2. The Hall–Kier alpha value is -2.65. The third-order valence-electron chi connectivity index (χ3n) is 3.78. The molecule has 0 fully saturated rings. The van der Waals surface area contributed by atoms with E-state index in [9.17, 15) is 9.50 Å². The molecular weight excluding hydrogens is 289 g/mol. The van der Waals surface area contributed by atoms with Crippen LogP contribution in [0.25, 0.3) is 0 Å². The van der Waals surface area contributed by atoms with Gasteiger partial charge in [-0.05, 0) is 35.4 Å². The molecule has 0 radical (unpaired) electrons. The molecule has 0 unspecified atom stereocenters. The molecule has 2 atom stereocenters. The quantitative estimate of drug-likeness (QED) is 0.715. The average Bonchev–Trinajstić information content (AvgIpc) is 2.62. The summed E-state index contributed by atoms with van der Waals surface area (Å²) in [6.07, 6.45) is -0.719. The maximum absolute atomic E-state index is 13.1. The molecule has 0 heterocycles. The van der Waals surface area contributed by atoms with Gasteiger partial charge in [0.05, 0.1) is 6.04 Å². The molecule has 3 aromatic carbocycles. The molecule has 2 nitrogen and oxygen atoms in total. The lowest BCUT2D eigenvalue weighted by atomic mass is 9.95. The van der Waals surface area contributed by atoms with Crippen LogP contribution in [0, 0.1) is 5.82 Å². The average molecular weight is 307 g/mol. The van der Waals surface area contributed by atoms with E-state index in [-0.39, 0.29) is 11.9 Å². The number of aliphatic hydroxyl groups is 1. The number of rotatable bonds is 5. The lowest BCUT2D eigenvalue weighted by Gasteiger charge is -2.26. The summed E-state index contributed by atoms with van der Waals surface area (Å²) < 4.78 is 13.1. The molecule has 0 aliphatic heterocycles. The lowest BCUT2D eigenvalue weighted by molar-refractivity contribution is 0.155. The minimum Gasteiger partial charge on any atom is -0.386 e. The van der Waals surface area contributed by atoms with Crippen LogP contribution in [-0.4, -0.2) is 5.11 Å². The standard InChI is InChI=1S/C20H18FNO/c21-17-11-13-18(14-12-17)22-19(15-7-3-1-4-8-15)20(23)16-9-5-2-6-10-16/h1-14,19-20,22-23H/t19-,20-/m1/s1. The Balaban J connectivity index is 1.92. The van der Waals surface area contributed by atoms with Gasteiger partial charge in [-0.2, -0.15) is 0 Å². The Labute approximate surface area is 135 Å². The second kappa shape index (κ2) is 7.07. The number of benzene rings is 3. The molecule has 2 N–H and O–H groups in total. The van der Waals surface area contributed by atoms with Crippen LogP contribution in [-0.2, 0) is 0 Å². The van der Waals surface area contributed by atoms with Gasteiger partial charge in [-0.3, -0.25) is 0 Å². The van der Waals surface area contributed by atoms with E-state index in [1.165, 1.54) is 12.1 Å². The Kier molecular flexibility index (Phi) is 4.69. The van der Waals surface area contributed by atoms with Crippen LogP contribution >= 0.6 is 0 Å². The maximum atomic E-state index is 13.1. The van der Waals surface area contributed by atoms with E-state index in [0.29, 0.717) is 0 Å². The molecule has 0 aliphatic carbocycles. The van der Waals surface area contributed by atoms with E-state index >= 15 is 0 Å². The van der Waals surface area contributed by atoms with E-state index in [1.54, 1.807) is 12.1 Å². The van der Waals surface area contributed by atoms with Gasteiger partial charge >= 0.3 is 0 Å². The molecule has 0 amide bonds. The monoisotopic (exact) mass is 307 g/mol. The molecule has 0 saturated heterocycles. The van der Waals surface area contributed by atoms with Crippen molar-refractivity contribution in [2.75, 3.05) is 5.32 Å². The van der Waals surface area contributed by atoms with Crippen molar-refractivity contribution in [1.82, 2.24) is 0 Å². The molecular formula is C20H18FNO. The zero-order valence-corrected chi connectivity index (χ0v) is 12.6. The van der Waals surface area contributed by atoms with Gasteiger partial charge < -0.3 is 10.4 Å². The summed E-state index contributed by atoms with van der Waals surface area (Å²) in [6.45, 7) is 0. The minimum atomic E-state index is -0.719. The van der Waals surface area contributed by atoms with Crippen molar-refractivity contribution in [2.24, 2.45) is 0 Å². The molecule has 0 aromatic heterocycles. The van der Waals surface area contributed by atoms with Gasteiger partial charge in [0.25, 0.3) is 0 Å². The Morgan fingerprint density at radius 1 is 0.696 bits per heavy atom. The van der Waals surface area contributed by atoms with Crippen LogP contribution < -0.4 is 5.32 Å². The highest BCUT2D eigenvalue weighted by molar-refractivity contribution is 5.46. The summed E-state index contributed by atoms with van der Waals surface area (Å²) >= 11 is 0. The molecule has 116 valence electrons. The fourth-order valence-electron chi connectivity index (χ4n) is 2.57. The van der Waals surface area contributed by atoms with E-state index in [4.69, 9.17) is 0 Å². The van der Waals surface area contributed by atoms with Crippen molar-refractivity contribution in [2.45, 2.75) is 12.1 Å². The van der Waals surface area contributed by atoms with Gasteiger partial charge in [0.2, 0.25) is 0 Å². The molecule has 0 aliphatic rings. The zero-order chi connectivity index (χ0) is 16.1. The second-order valence-electron chi connectivity index (χ2n) is 5.40. The fraction of sp³-hybridized carbons (Fsp3) is 0.100. The van der Waals surface area contributed by atoms with Crippen LogP contribution in [0.4, 0.5) is 10.1 Å². The Bertz CT molecular complexity index is 729. The lowest BCUT2D eigenvalue weighted by Crippen LogP contribution is -2.19. The summed E-state index contributed by atoms with van der Waals surface area (Å²) in [5.74, 6) is -0.282. The van der Waals surface area contributed by atoms with Gasteiger partial charge in [-0.1, -0.05) is 60.7 Å². The van der Waals surface area contributed by atoms with Gasteiger partial charge in [-0.15, -0.1) is 0 Å². The van der Waals surface area contributed by atoms with Crippen molar-refractivity contribution < 1.29 is 9.50 Å². The highest BCUT2D eigenvalue weighted by Crippen LogP contribution is 2.32. The van der Waals surface area contributed by atoms with Crippen LogP contribution in [0.15, 0.2) is 84.9 Å². The minimum absolute atomic E-state index is 0.282. The molecule has 0 bridgehead atoms. The summed E-state index contributed by atoms with van der Waals surface area (Å²) in [6, 6.07) is 25.1. The van der Waals surface area contributed by atoms with Crippen molar-refractivity contribution >= 4 is 5.69 Å². The van der Waals surface area contributed by atoms with Gasteiger partial charge in [0.15, 0.2) is 0 Å². The van der Waals surface area contributed by atoms with Crippen molar-refractivity contribution in [1.29, 1.82) is 0 Å². The molecule has 23 heavy (non-hydrogen) atoms. The third kappa shape index (κ3) is 3.76. The second-order valence-corrected chi connectivity index (χ2v) is 5.40. The Morgan fingerprint density at radius 2 is 1.22 bits per heavy atom. The fourth-order valence-corrected chi connectivity index (χ4v) is 2.57. The summed E-state index contributed by atoms with van der Waals surface area (Å²) in [7, 11) is 0. The maximum Gasteiger partial charge on any atom is 0.123 e. The van der Waals surface area contributed by atoms with Crippen molar-refractivity contribution in [3.63, 3.8) is 0 Å². The van der Waals surface area contributed by atoms with Crippen LogP contribution in [0.2, 0.25) is 0 Å². The van der Waals surface area contributed by atoms with Crippen LogP contribution in [0.5, 0.6) is 0 Å². The van der Waals surface area contributed by atoms with E-state index in [1.807, 2.05) is 60.7 Å². The number of halogens is 1. The van der Waals surface area contributed by atoms with Gasteiger partial charge in [0, 0.05) is 5.69 Å². The SMILES string of the molecule is O[C@H](c1ccccc1)[C@H](Nc1ccc(F)cc1)c1ccccc1. The van der Waals surface area contributed by atoms with Gasteiger partial charge in [0.1, 0.15) is 11.9 Å². The van der Waals surface area contributed by atoms with E-state index in [0.717, 1.165) is 16.8 Å².